The quantitative estimate of drug-likeness (QED) is 0.853. The van der Waals surface area contributed by atoms with Gasteiger partial charge in [-0.25, -0.2) is 4.98 Å². The van der Waals surface area contributed by atoms with Crippen molar-refractivity contribution in [3.05, 3.63) is 41.1 Å². The minimum atomic E-state index is -0.227. The molecule has 1 atom stereocenters. The van der Waals surface area contributed by atoms with Crippen molar-refractivity contribution < 1.29 is 9.59 Å². The molecule has 7 nitrogen and oxygen atoms in total. The first-order chi connectivity index (χ1) is 13.5. The number of benzene rings is 1. The maximum Gasteiger partial charge on any atom is 0.231 e. The van der Waals surface area contributed by atoms with E-state index in [2.05, 4.69) is 49.8 Å². The second-order valence-corrected chi connectivity index (χ2v) is 7.62. The van der Waals surface area contributed by atoms with Crippen LogP contribution in [-0.2, 0) is 28.9 Å². The van der Waals surface area contributed by atoms with Crippen LogP contribution in [0, 0.1) is 5.92 Å². The molecule has 0 bridgehead atoms. The average molecular weight is 379 g/mol. The van der Waals surface area contributed by atoms with E-state index in [4.69, 9.17) is 0 Å². The first-order valence-electron chi connectivity index (χ1n) is 9.77. The molecule has 0 radical (unpaired) electrons. The number of nitrogens with zero attached hydrogens (tertiary/aromatic N) is 3. The van der Waals surface area contributed by atoms with E-state index in [0.29, 0.717) is 11.7 Å². The van der Waals surface area contributed by atoms with Crippen molar-refractivity contribution in [2.75, 3.05) is 28.6 Å². The Morgan fingerprint density at radius 1 is 1.11 bits per heavy atom. The van der Waals surface area contributed by atoms with Crippen LogP contribution in [0.25, 0.3) is 0 Å². The Balaban J connectivity index is 1.55. The lowest BCUT2D eigenvalue weighted by molar-refractivity contribution is -0.115. The van der Waals surface area contributed by atoms with Crippen LogP contribution in [0.5, 0.6) is 0 Å². The molecule has 2 aromatic rings. The highest BCUT2D eigenvalue weighted by atomic mass is 16.2. The fourth-order valence-electron chi connectivity index (χ4n) is 4.23. The zero-order valence-electron chi connectivity index (χ0n) is 16.3. The van der Waals surface area contributed by atoms with Crippen molar-refractivity contribution in [2.24, 2.45) is 5.92 Å². The maximum absolute atomic E-state index is 11.7. The van der Waals surface area contributed by atoms with E-state index in [0.717, 1.165) is 50.0 Å². The van der Waals surface area contributed by atoms with E-state index in [9.17, 15) is 9.59 Å². The summed E-state index contributed by atoms with van der Waals surface area (Å²) in [6.45, 7) is 4.93. The minimum absolute atomic E-state index is 0.176. The van der Waals surface area contributed by atoms with E-state index in [1.165, 1.54) is 25.1 Å². The minimum Gasteiger partial charge on any atom is -0.371 e. The molecule has 2 heterocycles. The summed E-state index contributed by atoms with van der Waals surface area (Å²) in [6, 6.07) is 8.60. The molecular weight excluding hydrogens is 354 g/mol. The molecule has 1 aromatic carbocycles. The van der Waals surface area contributed by atoms with Crippen molar-refractivity contribution in [3.63, 3.8) is 0 Å². The van der Waals surface area contributed by atoms with Gasteiger partial charge in [0, 0.05) is 38.2 Å². The van der Waals surface area contributed by atoms with Gasteiger partial charge in [0.15, 0.2) is 0 Å². The number of aromatic nitrogens is 2. The van der Waals surface area contributed by atoms with Gasteiger partial charge in [0.25, 0.3) is 0 Å². The van der Waals surface area contributed by atoms with Gasteiger partial charge in [0.2, 0.25) is 17.8 Å². The van der Waals surface area contributed by atoms with Gasteiger partial charge in [-0.15, -0.1) is 0 Å². The summed E-state index contributed by atoms with van der Waals surface area (Å²) in [7, 11) is 0. The number of hydrogen-bond acceptors (Lipinski definition) is 5. The zero-order chi connectivity index (χ0) is 19.7. The number of rotatable bonds is 4. The summed E-state index contributed by atoms with van der Waals surface area (Å²) in [5.74, 6) is 0.844. The molecule has 2 N–H and O–H groups in total. The number of para-hydroxylation sites is 1. The Morgan fingerprint density at radius 3 is 2.68 bits per heavy atom. The lowest BCUT2D eigenvalue weighted by Gasteiger charge is -2.30. The number of anilines is 3. The van der Waals surface area contributed by atoms with Crippen molar-refractivity contribution in [1.29, 1.82) is 0 Å². The molecule has 4 rings (SSSR count). The van der Waals surface area contributed by atoms with Crippen molar-refractivity contribution in [2.45, 2.75) is 39.5 Å². The topological polar surface area (TPSA) is 87.2 Å². The number of amides is 2. The maximum atomic E-state index is 11.7. The van der Waals surface area contributed by atoms with Crippen LogP contribution in [-0.4, -0.2) is 34.9 Å². The molecule has 146 valence electrons. The highest BCUT2D eigenvalue weighted by Gasteiger charge is 2.28. The van der Waals surface area contributed by atoms with Crippen LogP contribution in [0.4, 0.5) is 17.5 Å². The lowest BCUT2D eigenvalue weighted by Crippen LogP contribution is -2.32. The number of carbonyl (C=O) groups excluding carboxylic acids is 2. The van der Waals surface area contributed by atoms with Gasteiger partial charge < -0.3 is 10.2 Å². The molecular formula is C21H25N5O2. The third-order valence-corrected chi connectivity index (χ3v) is 5.42. The normalized spacial score (nSPS) is 17.6. The monoisotopic (exact) mass is 379 g/mol. The number of carbonyl (C=O) groups is 2. The Morgan fingerprint density at radius 2 is 1.89 bits per heavy atom. The Bertz CT molecular complexity index is 927. The van der Waals surface area contributed by atoms with Crippen LogP contribution in [0.15, 0.2) is 24.3 Å². The molecule has 0 fully saturated rings. The van der Waals surface area contributed by atoms with Crippen molar-refractivity contribution in [1.82, 2.24) is 9.97 Å². The van der Waals surface area contributed by atoms with E-state index in [1.807, 2.05) is 0 Å². The van der Waals surface area contributed by atoms with Gasteiger partial charge >= 0.3 is 0 Å². The smallest absolute Gasteiger partial charge is 0.231 e. The molecule has 1 aromatic heterocycles. The lowest BCUT2D eigenvalue weighted by atomic mass is 9.86. The van der Waals surface area contributed by atoms with E-state index >= 15 is 0 Å². The Labute approximate surface area is 164 Å². The Kier molecular flexibility index (Phi) is 4.98. The second kappa shape index (κ2) is 7.58. The standard InChI is InChI=1S/C21H25N5O2/c1-13(27)22-20-17-11-15(7-8-18(17)24-21(25-20)23-14(2)28)12-26-10-9-16-5-3-4-6-19(16)26/h3-6,15H,7-12H2,1-2H3,(H2,22,23,24,25,27,28). The van der Waals surface area contributed by atoms with Crippen LogP contribution in [0.2, 0.25) is 0 Å². The third-order valence-electron chi connectivity index (χ3n) is 5.42. The SMILES string of the molecule is CC(=O)Nc1nc2c(c(NC(C)=O)n1)CC(CN1CCc3ccccc31)CC2. The van der Waals surface area contributed by atoms with Gasteiger partial charge in [0.05, 0.1) is 5.69 Å². The molecule has 28 heavy (non-hydrogen) atoms. The molecule has 0 spiro atoms. The predicted molar refractivity (Wildman–Crippen MR) is 109 cm³/mol. The largest absolute Gasteiger partial charge is 0.371 e. The number of nitrogens with one attached hydrogen (secondary N) is 2. The van der Waals surface area contributed by atoms with Crippen LogP contribution < -0.4 is 15.5 Å². The van der Waals surface area contributed by atoms with E-state index < -0.39 is 0 Å². The molecule has 0 saturated heterocycles. The van der Waals surface area contributed by atoms with Crippen molar-refractivity contribution >= 4 is 29.3 Å². The summed E-state index contributed by atoms with van der Waals surface area (Å²) in [4.78, 5) is 34.4. The van der Waals surface area contributed by atoms with E-state index in [1.54, 1.807) is 0 Å². The fraction of sp³-hybridized carbons (Fsp3) is 0.429. The molecule has 1 unspecified atom stereocenters. The number of aryl methyl sites for hydroxylation is 1. The summed E-state index contributed by atoms with van der Waals surface area (Å²) in [5.41, 5.74) is 4.67. The first kappa shape index (κ1) is 18.4. The summed E-state index contributed by atoms with van der Waals surface area (Å²) >= 11 is 0. The van der Waals surface area contributed by atoms with Gasteiger partial charge in [0.1, 0.15) is 5.82 Å². The summed E-state index contributed by atoms with van der Waals surface area (Å²) < 4.78 is 0. The van der Waals surface area contributed by atoms with Gasteiger partial charge in [-0.2, -0.15) is 4.98 Å². The Hall–Kier alpha value is -2.96. The second-order valence-electron chi connectivity index (χ2n) is 7.62. The molecule has 1 aliphatic carbocycles. The molecule has 2 amide bonds. The third kappa shape index (κ3) is 3.83. The molecule has 7 heteroatoms. The van der Waals surface area contributed by atoms with Gasteiger partial charge in [-0.05, 0) is 43.2 Å². The summed E-state index contributed by atoms with van der Waals surface area (Å²) in [5, 5.41) is 5.45. The molecule has 2 aliphatic rings. The fourth-order valence-corrected chi connectivity index (χ4v) is 4.23. The highest BCUT2D eigenvalue weighted by Crippen LogP contribution is 2.33. The highest BCUT2D eigenvalue weighted by molar-refractivity contribution is 5.90. The zero-order valence-corrected chi connectivity index (χ0v) is 16.3. The van der Waals surface area contributed by atoms with Crippen molar-refractivity contribution in [3.8, 4) is 0 Å². The average Bonchev–Trinajstić information content (AvgIpc) is 3.04. The van der Waals surface area contributed by atoms with Crippen LogP contribution in [0.3, 0.4) is 0 Å². The first-order valence-corrected chi connectivity index (χ1v) is 9.77. The van der Waals surface area contributed by atoms with E-state index in [-0.39, 0.29) is 17.8 Å². The van der Waals surface area contributed by atoms with Crippen LogP contribution in [0.1, 0.15) is 37.1 Å². The van der Waals surface area contributed by atoms with Gasteiger partial charge in [-0.1, -0.05) is 18.2 Å². The number of fused-ring (bicyclic) bond motifs is 2. The van der Waals surface area contributed by atoms with Crippen LogP contribution >= 0.6 is 0 Å². The molecule has 1 aliphatic heterocycles. The molecule has 0 saturated carbocycles. The predicted octanol–water partition coefficient (Wildman–Crippen LogP) is 2.56. The number of hydrogen-bond donors (Lipinski definition) is 2. The summed E-state index contributed by atoms with van der Waals surface area (Å²) in [6.07, 6.45) is 3.77. The van der Waals surface area contributed by atoms with Gasteiger partial charge in [-0.3, -0.25) is 14.9 Å².